The van der Waals surface area contributed by atoms with Crippen LogP contribution < -0.4 is 9.54 Å². The summed E-state index contributed by atoms with van der Waals surface area (Å²) in [5.74, 6) is 0.543. The molecule has 0 saturated heterocycles. The van der Waals surface area contributed by atoms with Crippen LogP contribution >= 0.6 is 11.3 Å². The molecule has 0 bridgehead atoms. The molecule has 0 saturated carbocycles. The molecule has 0 atom stereocenters. The van der Waals surface area contributed by atoms with Crippen molar-refractivity contribution >= 4 is 27.5 Å². The molecular weight excluding hydrogens is 296 g/mol. The highest BCUT2D eigenvalue weighted by atomic mass is 32.1. The molecule has 1 amide bonds. The van der Waals surface area contributed by atoms with E-state index in [0.29, 0.717) is 10.4 Å². The Bertz CT molecular complexity index is 905. The summed E-state index contributed by atoms with van der Waals surface area (Å²) in [6.07, 6.45) is 0. The number of hydrogen-bond acceptors (Lipinski definition) is 3. The van der Waals surface area contributed by atoms with Crippen molar-refractivity contribution < 1.29 is 9.53 Å². The van der Waals surface area contributed by atoms with E-state index in [1.54, 1.807) is 19.2 Å². The van der Waals surface area contributed by atoms with Crippen LogP contribution in [0, 0.1) is 6.92 Å². The SMILES string of the molecule is COc1cccc2sc(=NC(=O)c3ccc(C)cc3)n(C)c12. The summed E-state index contributed by atoms with van der Waals surface area (Å²) in [6.45, 7) is 1.99. The van der Waals surface area contributed by atoms with Gasteiger partial charge in [-0.25, -0.2) is 0 Å². The predicted octanol–water partition coefficient (Wildman–Crippen LogP) is 3.30. The molecule has 112 valence electrons. The summed E-state index contributed by atoms with van der Waals surface area (Å²) >= 11 is 1.48. The smallest absolute Gasteiger partial charge is 0.279 e. The van der Waals surface area contributed by atoms with E-state index in [4.69, 9.17) is 4.74 Å². The van der Waals surface area contributed by atoms with Crippen LogP contribution in [-0.4, -0.2) is 17.6 Å². The molecule has 0 aliphatic rings. The van der Waals surface area contributed by atoms with Crippen molar-refractivity contribution in [1.82, 2.24) is 4.57 Å². The van der Waals surface area contributed by atoms with Crippen LogP contribution in [0.1, 0.15) is 15.9 Å². The molecule has 1 aromatic heterocycles. The third-order valence-electron chi connectivity index (χ3n) is 3.50. The zero-order valence-corrected chi connectivity index (χ0v) is 13.5. The molecule has 0 unspecified atom stereocenters. The second-order valence-corrected chi connectivity index (χ2v) is 6.04. The van der Waals surface area contributed by atoms with Crippen LogP contribution in [-0.2, 0) is 7.05 Å². The number of benzene rings is 2. The first kappa shape index (κ1) is 14.5. The van der Waals surface area contributed by atoms with Crippen LogP contribution in [0.3, 0.4) is 0 Å². The summed E-state index contributed by atoms with van der Waals surface area (Å²) in [6, 6.07) is 13.3. The predicted molar refractivity (Wildman–Crippen MR) is 88.4 cm³/mol. The van der Waals surface area contributed by atoms with Gasteiger partial charge in [0.1, 0.15) is 11.3 Å². The number of fused-ring (bicyclic) bond motifs is 1. The molecule has 0 fully saturated rings. The highest BCUT2D eigenvalue weighted by Crippen LogP contribution is 2.26. The second kappa shape index (κ2) is 5.77. The van der Waals surface area contributed by atoms with Gasteiger partial charge >= 0.3 is 0 Å². The number of hydrogen-bond donors (Lipinski definition) is 0. The lowest BCUT2D eigenvalue weighted by Crippen LogP contribution is -2.13. The Balaban J connectivity index is 2.11. The van der Waals surface area contributed by atoms with Crippen LogP contribution in [0.2, 0.25) is 0 Å². The van der Waals surface area contributed by atoms with Gasteiger partial charge in [0, 0.05) is 12.6 Å². The Labute approximate surface area is 132 Å². The van der Waals surface area contributed by atoms with E-state index in [1.807, 2.05) is 48.9 Å². The monoisotopic (exact) mass is 312 g/mol. The molecule has 0 spiro atoms. The van der Waals surface area contributed by atoms with E-state index in [0.717, 1.165) is 21.5 Å². The number of aromatic nitrogens is 1. The molecule has 22 heavy (non-hydrogen) atoms. The Hall–Kier alpha value is -2.40. The molecular formula is C17H16N2O2S. The van der Waals surface area contributed by atoms with E-state index >= 15 is 0 Å². The molecule has 0 N–H and O–H groups in total. The maximum absolute atomic E-state index is 12.3. The Morgan fingerprint density at radius 1 is 1.18 bits per heavy atom. The first-order valence-corrected chi connectivity index (χ1v) is 7.70. The lowest BCUT2D eigenvalue weighted by Gasteiger charge is -2.03. The topological polar surface area (TPSA) is 43.6 Å². The lowest BCUT2D eigenvalue weighted by atomic mass is 10.1. The quantitative estimate of drug-likeness (QED) is 0.729. The molecule has 5 heteroatoms. The fourth-order valence-electron chi connectivity index (χ4n) is 2.29. The van der Waals surface area contributed by atoms with Crippen LogP contribution in [0.4, 0.5) is 0 Å². The number of para-hydroxylation sites is 1. The Kier molecular flexibility index (Phi) is 3.81. The van der Waals surface area contributed by atoms with Gasteiger partial charge in [0.25, 0.3) is 5.91 Å². The minimum Gasteiger partial charge on any atom is -0.495 e. The van der Waals surface area contributed by atoms with Crippen LogP contribution in [0.15, 0.2) is 47.5 Å². The molecule has 0 aliphatic heterocycles. The number of carbonyl (C=O) groups excluding carboxylic acids is 1. The van der Waals surface area contributed by atoms with Gasteiger partial charge in [0.15, 0.2) is 4.80 Å². The third kappa shape index (κ3) is 2.55. The molecule has 1 heterocycles. The van der Waals surface area contributed by atoms with E-state index < -0.39 is 0 Å². The molecule has 4 nitrogen and oxygen atoms in total. The van der Waals surface area contributed by atoms with Gasteiger partial charge in [-0.05, 0) is 31.2 Å². The summed E-state index contributed by atoms with van der Waals surface area (Å²) < 4.78 is 8.32. The largest absolute Gasteiger partial charge is 0.495 e. The van der Waals surface area contributed by atoms with Gasteiger partial charge in [0.2, 0.25) is 0 Å². The van der Waals surface area contributed by atoms with Crippen molar-refractivity contribution in [2.75, 3.05) is 7.11 Å². The zero-order valence-electron chi connectivity index (χ0n) is 12.7. The molecule has 3 aromatic rings. The van der Waals surface area contributed by atoms with Crippen molar-refractivity contribution in [3.05, 3.63) is 58.4 Å². The normalized spacial score (nSPS) is 11.9. The van der Waals surface area contributed by atoms with Crippen molar-refractivity contribution in [2.24, 2.45) is 12.0 Å². The van der Waals surface area contributed by atoms with Crippen molar-refractivity contribution in [1.29, 1.82) is 0 Å². The van der Waals surface area contributed by atoms with Gasteiger partial charge in [-0.3, -0.25) is 4.79 Å². The highest BCUT2D eigenvalue weighted by Gasteiger charge is 2.10. The number of methoxy groups -OCH3 is 1. The molecule has 0 aliphatic carbocycles. The molecule has 3 rings (SSSR count). The zero-order chi connectivity index (χ0) is 15.7. The van der Waals surface area contributed by atoms with E-state index in [9.17, 15) is 4.79 Å². The van der Waals surface area contributed by atoms with E-state index in [-0.39, 0.29) is 5.91 Å². The third-order valence-corrected chi connectivity index (χ3v) is 4.60. The summed E-state index contributed by atoms with van der Waals surface area (Å²) in [7, 11) is 3.53. The molecule has 2 aromatic carbocycles. The average molecular weight is 312 g/mol. The Morgan fingerprint density at radius 2 is 1.91 bits per heavy atom. The molecule has 0 radical (unpaired) electrons. The van der Waals surface area contributed by atoms with Crippen LogP contribution in [0.25, 0.3) is 10.2 Å². The minimum atomic E-state index is -0.235. The number of thiazole rings is 1. The van der Waals surface area contributed by atoms with Crippen LogP contribution in [0.5, 0.6) is 5.75 Å². The average Bonchev–Trinajstić information content (AvgIpc) is 2.84. The van der Waals surface area contributed by atoms with Gasteiger partial charge in [0.05, 0.1) is 11.8 Å². The lowest BCUT2D eigenvalue weighted by molar-refractivity contribution is 0.0998. The summed E-state index contributed by atoms with van der Waals surface area (Å²) in [5.41, 5.74) is 2.66. The fourth-order valence-corrected chi connectivity index (χ4v) is 3.32. The minimum absolute atomic E-state index is 0.235. The number of rotatable bonds is 2. The van der Waals surface area contributed by atoms with E-state index in [1.165, 1.54) is 11.3 Å². The van der Waals surface area contributed by atoms with Gasteiger partial charge in [-0.2, -0.15) is 4.99 Å². The number of carbonyl (C=O) groups is 1. The first-order chi connectivity index (χ1) is 10.6. The second-order valence-electron chi connectivity index (χ2n) is 5.03. The van der Waals surface area contributed by atoms with Gasteiger partial charge in [-0.1, -0.05) is 35.1 Å². The first-order valence-electron chi connectivity index (χ1n) is 6.88. The number of ether oxygens (including phenoxy) is 1. The summed E-state index contributed by atoms with van der Waals surface area (Å²) in [5, 5.41) is 0. The maximum atomic E-state index is 12.3. The highest BCUT2D eigenvalue weighted by molar-refractivity contribution is 7.16. The summed E-state index contributed by atoms with van der Waals surface area (Å²) in [4.78, 5) is 17.2. The standard InChI is InChI=1S/C17H16N2O2S/c1-11-7-9-12(10-8-11)16(20)18-17-19(2)15-13(21-3)5-4-6-14(15)22-17/h4-10H,1-3H3. The fraction of sp³-hybridized carbons (Fsp3) is 0.176. The van der Waals surface area contributed by atoms with Gasteiger partial charge in [-0.15, -0.1) is 0 Å². The van der Waals surface area contributed by atoms with Crippen molar-refractivity contribution in [3.8, 4) is 5.75 Å². The van der Waals surface area contributed by atoms with Crippen molar-refractivity contribution in [2.45, 2.75) is 6.92 Å². The Morgan fingerprint density at radius 3 is 2.59 bits per heavy atom. The van der Waals surface area contributed by atoms with E-state index in [2.05, 4.69) is 4.99 Å². The maximum Gasteiger partial charge on any atom is 0.279 e. The number of amides is 1. The van der Waals surface area contributed by atoms with Crippen molar-refractivity contribution in [3.63, 3.8) is 0 Å². The number of nitrogens with zero attached hydrogens (tertiary/aromatic N) is 2. The van der Waals surface area contributed by atoms with Gasteiger partial charge < -0.3 is 9.30 Å². The number of aryl methyl sites for hydroxylation is 2.